The molecule has 0 saturated heterocycles. The van der Waals surface area contributed by atoms with Crippen molar-refractivity contribution < 1.29 is 5.11 Å². The molecule has 0 unspecified atom stereocenters. The lowest BCUT2D eigenvalue weighted by molar-refractivity contribution is 0.142. The van der Waals surface area contributed by atoms with Gasteiger partial charge in [-0.05, 0) is 31.1 Å². The molecular weight excluding hydrogens is 212 g/mol. The monoisotopic (exact) mass is 238 g/mol. The minimum atomic E-state index is -0.138. The molecule has 1 atom stereocenters. The average molecular weight is 238 g/mol. The Balaban J connectivity index is 2.03. The maximum atomic E-state index is 9.85. The minimum Gasteiger partial charge on any atom is -0.393 e. The highest BCUT2D eigenvalue weighted by Gasteiger charge is 2.11. The Kier molecular flexibility index (Phi) is 5.69. The van der Waals surface area contributed by atoms with Gasteiger partial charge in [0.2, 0.25) is 0 Å². The molecule has 0 spiro atoms. The van der Waals surface area contributed by atoms with E-state index in [1.165, 1.54) is 6.42 Å². The van der Waals surface area contributed by atoms with E-state index in [-0.39, 0.29) is 6.10 Å². The number of imidazole rings is 1. The summed E-state index contributed by atoms with van der Waals surface area (Å²) in [6, 6.07) is 0. The SMILES string of the molecule is CC(C)(C)CCC[C@@H](O)CCCn1ccnc1. The summed E-state index contributed by atoms with van der Waals surface area (Å²) >= 11 is 0. The van der Waals surface area contributed by atoms with E-state index in [1.54, 1.807) is 6.20 Å². The van der Waals surface area contributed by atoms with Gasteiger partial charge in [-0.3, -0.25) is 0 Å². The fraction of sp³-hybridized carbons (Fsp3) is 0.786. The normalized spacial score (nSPS) is 13.9. The number of nitrogens with zero attached hydrogens (tertiary/aromatic N) is 2. The molecule has 0 fully saturated rings. The largest absolute Gasteiger partial charge is 0.393 e. The van der Waals surface area contributed by atoms with Gasteiger partial charge in [0, 0.05) is 18.9 Å². The minimum absolute atomic E-state index is 0.138. The van der Waals surface area contributed by atoms with Gasteiger partial charge in [-0.2, -0.15) is 0 Å². The molecule has 3 nitrogen and oxygen atoms in total. The van der Waals surface area contributed by atoms with Crippen molar-refractivity contribution in [1.29, 1.82) is 0 Å². The highest BCUT2D eigenvalue weighted by Crippen LogP contribution is 2.22. The summed E-state index contributed by atoms with van der Waals surface area (Å²) in [6.45, 7) is 7.70. The Bertz CT molecular complexity index is 288. The third kappa shape index (κ3) is 7.16. The molecular formula is C14H26N2O. The number of rotatable bonds is 7. The molecule has 0 radical (unpaired) electrons. The summed E-state index contributed by atoms with van der Waals surface area (Å²) in [6.07, 6.45) is 10.6. The summed E-state index contributed by atoms with van der Waals surface area (Å²) < 4.78 is 2.06. The third-order valence-electron chi connectivity index (χ3n) is 2.98. The smallest absolute Gasteiger partial charge is 0.0945 e. The fourth-order valence-electron chi connectivity index (χ4n) is 1.94. The number of aryl methyl sites for hydroxylation is 1. The van der Waals surface area contributed by atoms with E-state index >= 15 is 0 Å². The lowest BCUT2D eigenvalue weighted by Gasteiger charge is -2.19. The molecule has 0 aliphatic carbocycles. The van der Waals surface area contributed by atoms with Crippen molar-refractivity contribution in [1.82, 2.24) is 9.55 Å². The van der Waals surface area contributed by atoms with Crippen molar-refractivity contribution in [2.24, 2.45) is 5.41 Å². The topological polar surface area (TPSA) is 38.0 Å². The van der Waals surface area contributed by atoms with Crippen molar-refractivity contribution in [2.45, 2.75) is 65.5 Å². The van der Waals surface area contributed by atoms with Gasteiger partial charge in [-0.15, -0.1) is 0 Å². The summed E-state index contributed by atoms with van der Waals surface area (Å²) in [7, 11) is 0. The van der Waals surface area contributed by atoms with E-state index in [1.807, 2.05) is 12.5 Å². The van der Waals surface area contributed by atoms with Crippen LogP contribution in [-0.4, -0.2) is 20.8 Å². The van der Waals surface area contributed by atoms with E-state index in [9.17, 15) is 5.11 Å². The first kappa shape index (κ1) is 14.2. The molecule has 1 aromatic rings. The van der Waals surface area contributed by atoms with Crippen molar-refractivity contribution in [2.75, 3.05) is 0 Å². The maximum Gasteiger partial charge on any atom is 0.0945 e. The molecule has 0 amide bonds. The van der Waals surface area contributed by atoms with Crippen LogP contribution >= 0.6 is 0 Å². The molecule has 0 bridgehead atoms. The quantitative estimate of drug-likeness (QED) is 0.792. The van der Waals surface area contributed by atoms with E-state index in [0.29, 0.717) is 5.41 Å². The Hall–Kier alpha value is -0.830. The van der Waals surface area contributed by atoms with Gasteiger partial charge >= 0.3 is 0 Å². The van der Waals surface area contributed by atoms with Crippen molar-refractivity contribution in [3.63, 3.8) is 0 Å². The Labute approximate surface area is 105 Å². The third-order valence-corrected chi connectivity index (χ3v) is 2.98. The molecule has 0 aliphatic heterocycles. The van der Waals surface area contributed by atoms with Crippen LogP contribution in [0.1, 0.15) is 52.9 Å². The zero-order valence-corrected chi connectivity index (χ0v) is 11.4. The second-order valence-corrected chi connectivity index (χ2v) is 6.05. The number of aromatic nitrogens is 2. The first-order chi connectivity index (χ1) is 7.97. The molecule has 0 saturated carbocycles. The number of aliphatic hydroxyl groups excluding tert-OH is 1. The van der Waals surface area contributed by atoms with Gasteiger partial charge in [0.25, 0.3) is 0 Å². The molecule has 3 heteroatoms. The van der Waals surface area contributed by atoms with Crippen LogP contribution < -0.4 is 0 Å². The van der Waals surface area contributed by atoms with Gasteiger partial charge in [0.1, 0.15) is 0 Å². The van der Waals surface area contributed by atoms with Gasteiger partial charge in [0.05, 0.1) is 12.4 Å². The summed E-state index contributed by atoms with van der Waals surface area (Å²) in [4.78, 5) is 4.00. The number of hydrogen-bond acceptors (Lipinski definition) is 2. The van der Waals surface area contributed by atoms with Gasteiger partial charge in [0.15, 0.2) is 0 Å². The van der Waals surface area contributed by atoms with E-state index in [0.717, 1.165) is 32.2 Å². The lowest BCUT2D eigenvalue weighted by atomic mass is 9.89. The second kappa shape index (κ2) is 6.80. The van der Waals surface area contributed by atoms with Crippen LogP contribution in [0.2, 0.25) is 0 Å². The lowest BCUT2D eigenvalue weighted by Crippen LogP contribution is -2.11. The molecule has 98 valence electrons. The van der Waals surface area contributed by atoms with E-state index < -0.39 is 0 Å². The molecule has 17 heavy (non-hydrogen) atoms. The van der Waals surface area contributed by atoms with Gasteiger partial charge in [-0.1, -0.05) is 27.2 Å². The Morgan fingerprint density at radius 1 is 1.24 bits per heavy atom. The molecule has 0 aliphatic rings. The molecule has 1 heterocycles. The first-order valence-corrected chi connectivity index (χ1v) is 6.61. The highest BCUT2D eigenvalue weighted by molar-refractivity contribution is 4.74. The van der Waals surface area contributed by atoms with Crippen LogP contribution in [0.15, 0.2) is 18.7 Å². The van der Waals surface area contributed by atoms with Crippen LogP contribution in [0.25, 0.3) is 0 Å². The number of hydrogen-bond donors (Lipinski definition) is 1. The molecule has 1 N–H and O–H groups in total. The Morgan fingerprint density at radius 2 is 1.94 bits per heavy atom. The molecule has 1 rings (SSSR count). The predicted octanol–water partition coefficient (Wildman–Crippen LogP) is 3.24. The standard InChI is InChI=1S/C14H26N2O/c1-14(2,3)8-4-6-13(17)7-5-10-16-11-9-15-12-16/h9,11-13,17H,4-8,10H2,1-3H3/t13-/m1/s1. The molecule has 0 aromatic carbocycles. The van der Waals surface area contributed by atoms with Crippen LogP contribution in [0.5, 0.6) is 0 Å². The predicted molar refractivity (Wildman–Crippen MR) is 70.8 cm³/mol. The fourth-order valence-corrected chi connectivity index (χ4v) is 1.94. The van der Waals surface area contributed by atoms with Crippen molar-refractivity contribution in [3.05, 3.63) is 18.7 Å². The van der Waals surface area contributed by atoms with Gasteiger partial charge in [-0.25, -0.2) is 4.98 Å². The van der Waals surface area contributed by atoms with Crippen LogP contribution in [-0.2, 0) is 6.54 Å². The van der Waals surface area contributed by atoms with Crippen LogP contribution in [0, 0.1) is 5.41 Å². The summed E-state index contributed by atoms with van der Waals surface area (Å²) in [5.41, 5.74) is 0.385. The van der Waals surface area contributed by atoms with Crippen LogP contribution in [0.4, 0.5) is 0 Å². The Morgan fingerprint density at radius 3 is 2.53 bits per heavy atom. The van der Waals surface area contributed by atoms with E-state index in [2.05, 4.69) is 30.3 Å². The summed E-state index contributed by atoms with van der Waals surface area (Å²) in [5.74, 6) is 0. The molecule has 1 aromatic heterocycles. The highest BCUT2D eigenvalue weighted by atomic mass is 16.3. The average Bonchev–Trinajstić information content (AvgIpc) is 2.68. The van der Waals surface area contributed by atoms with E-state index in [4.69, 9.17) is 0 Å². The first-order valence-electron chi connectivity index (χ1n) is 6.61. The zero-order valence-electron chi connectivity index (χ0n) is 11.4. The summed E-state index contributed by atoms with van der Waals surface area (Å²) in [5, 5.41) is 9.85. The number of aliphatic hydroxyl groups is 1. The van der Waals surface area contributed by atoms with Gasteiger partial charge < -0.3 is 9.67 Å². The zero-order chi connectivity index (χ0) is 12.7. The van der Waals surface area contributed by atoms with Crippen molar-refractivity contribution in [3.8, 4) is 0 Å². The maximum absolute atomic E-state index is 9.85. The van der Waals surface area contributed by atoms with Crippen molar-refractivity contribution >= 4 is 0 Å². The second-order valence-electron chi connectivity index (χ2n) is 6.05. The van der Waals surface area contributed by atoms with Crippen LogP contribution in [0.3, 0.4) is 0 Å².